The molecule has 28 heavy (non-hydrogen) atoms. The minimum atomic E-state index is -0.970. The molecule has 0 aliphatic carbocycles. The Labute approximate surface area is 160 Å². The van der Waals surface area contributed by atoms with Gasteiger partial charge >= 0.3 is 0 Å². The number of carbonyl (C=O) groups excluding carboxylic acids is 2. The van der Waals surface area contributed by atoms with Crippen molar-refractivity contribution in [3.05, 3.63) is 59.7 Å². The van der Waals surface area contributed by atoms with Crippen molar-refractivity contribution in [3.63, 3.8) is 0 Å². The van der Waals surface area contributed by atoms with Crippen molar-refractivity contribution in [3.8, 4) is 17.3 Å². The molecule has 0 saturated heterocycles. The first kappa shape index (κ1) is 17.5. The highest BCUT2D eigenvalue weighted by Crippen LogP contribution is 2.34. The number of hydrazone groups is 1. The second-order valence-corrected chi connectivity index (χ2v) is 6.31. The molecule has 8 nitrogen and oxygen atoms in total. The largest absolute Gasteiger partial charge is 0.319 e. The fourth-order valence-electron chi connectivity index (χ4n) is 3.28. The van der Waals surface area contributed by atoms with Crippen LogP contribution in [0.15, 0.2) is 53.6 Å². The molecule has 2 heterocycles. The van der Waals surface area contributed by atoms with Crippen LogP contribution in [0.4, 0.5) is 0 Å². The lowest BCUT2D eigenvalue weighted by Crippen LogP contribution is -2.39. The van der Waals surface area contributed by atoms with E-state index in [9.17, 15) is 9.59 Å². The van der Waals surface area contributed by atoms with Crippen LogP contribution in [0.2, 0.25) is 0 Å². The summed E-state index contributed by atoms with van der Waals surface area (Å²) in [6.07, 6.45) is 1.46. The van der Waals surface area contributed by atoms with Gasteiger partial charge in [0.15, 0.2) is 0 Å². The zero-order valence-corrected chi connectivity index (χ0v) is 14.7. The average Bonchev–Trinajstić information content (AvgIpc) is 2.91. The molecular weight excluding hydrogens is 356 g/mol. The van der Waals surface area contributed by atoms with E-state index >= 15 is 0 Å². The highest BCUT2D eigenvalue weighted by atomic mass is 16.2. The summed E-state index contributed by atoms with van der Waals surface area (Å²) in [6, 6.07) is 15.6. The Balaban J connectivity index is 2.00. The molecule has 1 aliphatic heterocycles. The Hall–Kier alpha value is -3.96. The highest BCUT2D eigenvalue weighted by molar-refractivity contribution is 6.17. The lowest BCUT2D eigenvalue weighted by Gasteiger charge is -2.15. The van der Waals surface area contributed by atoms with Crippen LogP contribution in [0, 0.1) is 11.3 Å². The van der Waals surface area contributed by atoms with E-state index < -0.39 is 11.9 Å². The van der Waals surface area contributed by atoms with Crippen LogP contribution in [0.3, 0.4) is 0 Å². The van der Waals surface area contributed by atoms with E-state index in [0.29, 0.717) is 27.7 Å². The van der Waals surface area contributed by atoms with Crippen LogP contribution in [0.5, 0.6) is 0 Å². The van der Waals surface area contributed by atoms with Gasteiger partial charge in [0.2, 0.25) is 0 Å². The van der Waals surface area contributed by atoms with Crippen LogP contribution in [0.25, 0.3) is 22.2 Å². The topological polar surface area (TPSA) is 125 Å². The van der Waals surface area contributed by atoms with Crippen LogP contribution in [0.1, 0.15) is 22.3 Å². The van der Waals surface area contributed by atoms with Gasteiger partial charge in [-0.15, -0.1) is 0 Å². The molecule has 4 N–H and O–H groups in total. The molecule has 1 aliphatic rings. The summed E-state index contributed by atoms with van der Waals surface area (Å²) in [7, 11) is 0. The van der Waals surface area contributed by atoms with Crippen LogP contribution in [-0.4, -0.2) is 28.7 Å². The number of aromatic nitrogens is 1. The number of amides is 2. The number of carbonyl (C=O) groups is 2. The van der Waals surface area contributed by atoms with Gasteiger partial charge in [-0.3, -0.25) is 19.7 Å². The molecule has 2 amide bonds. The molecular formula is C20H16N6O2. The second-order valence-electron chi connectivity index (χ2n) is 6.31. The quantitative estimate of drug-likeness (QED) is 0.644. The van der Waals surface area contributed by atoms with E-state index in [-0.39, 0.29) is 12.3 Å². The van der Waals surface area contributed by atoms with Gasteiger partial charge in [0.25, 0.3) is 11.8 Å². The fraction of sp³-hybridized carbons (Fsp3) is 0.100. The number of nitriles is 1. The van der Waals surface area contributed by atoms with Gasteiger partial charge in [-0.1, -0.05) is 36.4 Å². The van der Waals surface area contributed by atoms with E-state index in [1.54, 1.807) is 29.1 Å². The molecule has 0 spiro atoms. The number of benzene rings is 2. The standard InChI is InChI=1S/C20H16N6O2/c21-10-9-15(22)20(28)25-26-16-8-4-7-13-17(16)14(11-23-24-19(13)27)18(26)12-5-2-1-3-6-12/h1-8,11,15H,9,22H2,(H,24,27)(H,25,28)/t15-/m0/s1. The average molecular weight is 372 g/mol. The van der Waals surface area contributed by atoms with E-state index in [1.807, 2.05) is 36.4 Å². The number of rotatable bonds is 4. The van der Waals surface area contributed by atoms with Gasteiger partial charge < -0.3 is 5.73 Å². The summed E-state index contributed by atoms with van der Waals surface area (Å²) in [5.41, 5.74) is 14.4. The molecule has 2 aromatic carbocycles. The second kappa shape index (κ2) is 6.98. The third-order valence-electron chi connectivity index (χ3n) is 4.55. The maximum Gasteiger partial charge on any atom is 0.272 e. The molecule has 3 aromatic rings. The minimum Gasteiger partial charge on any atom is -0.319 e. The van der Waals surface area contributed by atoms with E-state index in [1.165, 1.54) is 0 Å². The third-order valence-corrected chi connectivity index (χ3v) is 4.55. The lowest BCUT2D eigenvalue weighted by molar-refractivity contribution is -0.118. The number of hydrogen-bond donors (Lipinski definition) is 3. The first-order valence-electron chi connectivity index (χ1n) is 8.61. The van der Waals surface area contributed by atoms with Crippen molar-refractivity contribution in [1.82, 2.24) is 10.1 Å². The molecule has 8 heteroatoms. The summed E-state index contributed by atoms with van der Waals surface area (Å²) in [5, 5.41) is 13.5. The van der Waals surface area contributed by atoms with E-state index in [2.05, 4.69) is 16.0 Å². The Bertz CT molecular complexity index is 1160. The summed E-state index contributed by atoms with van der Waals surface area (Å²) >= 11 is 0. The third kappa shape index (κ3) is 2.80. The zero-order chi connectivity index (χ0) is 19.7. The Kier molecular flexibility index (Phi) is 4.35. The minimum absolute atomic E-state index is 0.103. The van der Waals surface area contributed by atoms with Crippen LogP contribution >= 0.6 is 0 Å². The first-order valence-corrected chi connectivity index (χ1v) is 8.61. The van der Waals surface area contributed by atoms with Gasteiger partial charge in [0.1, 0.15) is 0 Å². The van der Waals surface area contributed by atoms with Gasteiger partial charge in [0.05, 0.1) is 41.5 Å². The van der Waals surface area contributed by atoms with Crippen LogP contribution in [-0.2, 0) is 4.79 Å². The zero-order valence-electron chi connectivity index (χ0n) is 14.7. The summed E-state index contributed by atoms with van der Waals surface area (Å²) < 4.78 is 1.60. The maximum absolute atomic E-state index is 12.5. The molecule has 0 bridgehead atoms. The normalized spacial score (nSPS) is 13.5. The van der Waals surface area contributed by atoms with Gasteiger partial charge in [-0.2, -0.15) is 10.4 Å². The molecule has 0 radical (unpaired) electrons. The number of nitrogens with two attached hydrogens (primary N) is 1. The fourth-order valence-corrected chi connectivity index (χ4v) is 3.28. The Morgan fingerprint density at radius 2 is 2.04 bits per heavy atom. The molecule has 138 valence electrons. The summed E-state index contributed by atoms with van der Waals surface area (Å²) in [4.78, 5) is 24.9. The first-order chi connectivity index (χ1) is 13.6. The highest BCUT2D eigenvalue weighted by Gasteiger charge is 2.26. The summed E-state index contributed by atoms with van der Waals surface area (Å²) in [6.45, 7) is 0. The number of nitrogens with zero attached hydrogens (tertiary/aromatic N) is 3. The molecule has 0 unspecified atom stereocenters. The van der Waals surface area contributed by atoms with Crippen molar-refractivity contribution in [2.45, 2.75) is 12.5 Å². The lowest BCUT2D eigenvalue weighted by atomic mass is 10.0. The van der Waals surface area contributed by atoms with E-state index in [0.717, 1.165) is 5.56 Å². The predicted molar refractivity (Wildman–Crippen MR) is 105 cm³/mol. The van der Waals surface area contributed by atoms with Crippen molar-refractivity contribution in [2.24, 2.45) is 10.8 Å². The van der Waals surface area contributed by atoms with E-state index in [4.69, 9.17) is 11.0 Å². The molecule has 0 fully saturated rings. The molecule has 1 aromatic heterocycles. The van der Waals surface area contributed by atoms with Gasteiger partial charge in [-0.05, 0) is 12.1 Å². The van der Waals surface area contributed by atoms with Crippen molar-refractivity contribution in [1.29, 1.82) is 5.26 Å². The SMILES string of the molecule is N#CC[C@H](N)C(=O)Nn1c(-c2ccccc2)c2c3c(cccc31)C(=O)NN=C2. The summed E-state index contributed by atoms with van der Waals surface area (Å²) in [5.74, 6) is -0.823. The molecule has 4 rings (SSSR count). The molecule has 1 atom stereocenters. The van der Waals surface area contributed by atoms with Crippen molar-refractivity contribution in [2.75, 3.05) is 5.43 Å². The smallest absolute Gasteiger partial charge is 0.272 e. The Morgan fingerprint density at radius 1 is 1.25 bits per heavy atom. The van der Waals surface area contributed by atoms with Gasteiger partial charge in [0, 0.05) is 16.5 Å². The molecule has 0 saturated carbocycles. The monoisotopic (exact) mass is 372 g/mol. The predicted octanol–water partition coefficient (Wildman–Crippen LogP) is 1.70. The van der Waals surface area contributed by atoms with Gasteiger partial charge in [-0.25, -0.2) is 5.43 Å². The maximum atomic E-state index is 12.5. The number of hydrogen-bond acceptors (Lipinski definition) is 5. The van der Waals surface area contributed by atoms with Crippen molar-refractivity contribution >= 4 is 28.9 Å². The Morgan fingerprint density at radius 3 is 2.79 bits per heavy atom. The number of nitrogens with one attached hydrogen (secondary N) is 2. The van der Waals surface area contributed by atoms with Crippen molar-refractivity contribution < 1.29 is 9.59 Å². The van der Waals surface area contributed by atoms with Crippen LogP contribution < -0.4 is 16.6 Å².